The van der Waals surface area contributed by atoms with Gasteiger partial charge in [0.1, 0.15) is 0 Å². The molecule has 0 saturated heterocycles. The van der Waals surface area contributed by atoms with Gasteiger partial charge in [0.05, 0.1) is 17.8 Å². The van der Waals surface area contributed by atoms with E-state index in [1.807, 2.05) is 6.92 Å². The summed E-state index contributed by atoms with van der Waals surface area (Å²) in [6, 6.07) is 0. The van der Waals surface area contributed by atoms with Crippen LogP contribution in [0, 0.1) is 5.92 Å². The summed E-state index contributed by atoms with van der Waals surface area (Å²) in [5, 5.41) is 5.64. The highest BCUT2D eigenvalue weighted by atomic mass is 32.2. The van der Waals surface area contributed by atoms with Crippen molar-refractivity contribution in [3.8, 4) is 0 Å². The standard InChI is InChI=1S/C21H43N3O4S/c1-18(16-29-15-10-22)19(26)24-12-7-13-27-21(4,5)9-14-28-20(2,3)8-6-11-23-17-25/h17-18H,6-16,22H2,1-5H3,(H,23,25)(H,24,26). The van der Waals surface area contributed by atoms with Crippen LogP contribution in [0.5, 0.6) is 0 Å². The number of thioether (sulfide) groups is 1. The highest BCUT2D eigenvalue weighted by Gasteiger charge is 2.22. The van der Waals surface area contributed by atoms with Crippen LogP contribution in [0.25, 0.3) is 0 Å². The Morgan fingerprint density at radius 3 is 2.38 bits per heavy atom. The van der Waals surface area contributed by atoms with Crippen molar-refractivity contribution < 1.29 is 19.1 Å². The summed E-state index contributed by atoms with van der Waals surface area (Å²) >= 11 is 1.71. The van der Waals surface area contributed by atoms with Crippen LogP contribution >= 0.6 is 11.8 Å². The van der Waals surface area contributed by atoms with Gasteiger partial charge in [-0.15, -0.1) is 0 Å². The second kappa shape index (κ2) is 15.9. The van der Waals surface area contributed by atoms with Crippen LogP contribution < -0.4 is 16.4 Å². The lowest BCUT2D eigenvalue weighted by Gasteiger charge is -2.30. The average Bonchev–Trinajstić information content (AvgIpc) is 2.64. The van der Waals surface area contributed by atoms with Crippen LogP contribution in [-0.4, -0.2) is 67.9 Å². The Bertz CT molecular complexity index is 448. The molecule has 1 atom stereocenters. The summed E-state index contributed by atoms with van der Waals surface area (Å²) in [5.74, 6) is 1.78. The maximum atomic E-state index is 12.0. The molecule has 0 aliphatic heterocycles. The van der Waals surface area contributed by atoms with Crippen molar-refractivity contribution in [1.29, 1.82) is 0 Å². The lowest BCUT2D eigenvalue weighted by molar-refractivity contribution is -0.123. The van der Waals surface area contributed by atoms with Crippen LogP contribution in [0.1, 0.15) is 60.3 Å². The van der Waals surface area contributed by atoms with Crippen molar-refractivity contribution in [2.75, 3.05) is 44.4 Å². The number of rotatable bonds is 19. The van der Waals surface area contributed by atoms with Crippen LogP contribution in [0.2, 0.25) is 0 Å². The second-order valence-electron chi connectivity index (χ2n) is 8.55. The summed E-state index contributed by atoms with van der Waals surface area (Å²) in [6.07, 6.45) is 4.08. The third-order valence-corrected chi connectivity index (χ3v) is 5.83. The van der Waals surface area contributed by atoms with E-state index in [-0.39, 0.29) is 23.0 Å². The normalized spacial score (nSPS) is 13.2. The number of nitrogens with one attached hydrogen (secondary N) is 2. The fourth-order valence-electron chi connectivity index (χ4n) is 2.62. The zero-order valence-corrected chi connectivity index (χ0v) is 19.9. The maximum absolute atomic E-state index is 12.0. The van der Waals surface area contributed by atoms with Crippen molar-refractivity contribution in [1.82, 2.24) is 10.6 Å². The number of carbonyl (C=O) groups excluding carboxylic acids is 2. The van der Waals surface area contributed by atoms with Crippen LogP contribution in [0.15, 0.2) is 0 Å². The molecule has 0 bridgehead atoms. The Balaban J connectivity index is 3.87. The van der Waals surface area contributed by atoms with Gasteiger partial charge in [-0.3, -0.25) is 9.59 Å². The van der Waals surface area contributed by atoms with E-state index in [4.69, 9.17) is 15.2 Å². The molecule has 0 aromatic rings. The van der Waals surface area contributed by atoms with Crippen molar-refractivity contribution in [3.05, 3.63) is 0 Å². The summed E-state index contributed by atoms with van der Waals surface area (Å²) in [5.41, 5.74) is 4.97. The molecule has 0 aromatic carbocycles. The minimum absolute atomic E-state index is 0.00127. The van der Waals surface area contributed by atoms with E-state index in [1.165, 1.54) is 0 Å². The first kappa shape index (κ1) is 28.2. The average molecular weight is 434 g/mol. The molecule has 0 radical (unpaired) electrons. The maximum Gasteiger partial charge on any atom is 0.223 e. The van der Waals surface area contributed by atoms with E-state index in [0.717, 1.165) is 43.6 Å². The molecular weight excluding hydrogens is 390 g/mol. The third-order valence-electron chi connectivity index (χ3n) is 4.57. The predicted octanol–water partition coefficient (Wildman–Crippen LogP) is 2.33. The topological polar surface area (TPSA) is 103 Å². The number of hydrogen-bond acceptors (Lipinski definition) is 6. The van der Waals surface area contributed by atoms with E-state index in [1.54, 1.807) is 11.8 Å². The molecule has 0 rings (SSSR count). The highest BCUT2D eigenvalue weighted by Crippen LogP contribution is 2.20. The molecule has 1 unspecified atom stereocenters. The molecule has 0 saturated carbocycles. The monoisotopic (exact) mass is 433 g/mol. The lowest BCUT2D eigenvalue weighted by atomic mass is 10.0. The van der Waals surface area contributed by atoms with Gasteiger partial charge in [-0.2, -0.15) is 11.8 Å². The molecule has 0 aliphatic carbocycles. The molecule has 2 amide bonds. The number of hydrogen-bond donors (Lipinski definition) is 3. The van der Waals surface area contributed by atoms with E-state index in [9.17, 15) is 9.59 Å². The fourth-order valence-corrected chi connectivity index (χ4v) is 3.46. The van der Waals surface area contributed by atoms with Gasteiger partial charge in [-0.1, -0.05) is 6.92 Å². The number of ether oxygens (including phenoxy) is 2. The quantitative estimate of drug-likeness (QED) is 0.213. The van der Waals surface area contributed by atoms with E-state index in [0.29, 0.717) is 32.8 Å². The number of carbonyl (C=O) groups is 2. The minimum atomic E-state index is -0.273. The molecule has 29 heavy (non-hydrogen) atoms. The molecule has 0 aromatic heterocycles. The first-order valence-corrected chi connectivity index (χ1v) is 11.8. The summed E-state index contributed by atoms with van der Waals surface area (Å²) in [6.45, 7) is 13.4. The van der Waals surface area contributed by atoms with Crippen molar-refractivity contribution in [2.24, 2.45) is 11.7 Å². The second-order valence-corrected chi connectivity index (χ2v) is 9.70. The van der Waals surface area contributed by atoms with E-state index in [2.05, 4.69) is 38.3 Å². The molecular formula is C21H43N3O4S. The Morgan fingerprint density at radius 2 is 1.72 bits per heavy atom. The zero-order valence-electron chi connectivity index (χ0n) is 19.1. The molecule has 8 heteroatoms. The highest BCUT2D eigenvalue weighted by molar-refractivity contribution is 7.99. The van der Waals surface area contributed by atoms with Gasteiger partial charge in [0.25, 0.3) is 0 Å². The fraction of sp³-hybridized carbons (Fsp3) is 0.905. The first-order chi connectivity index (χ1) is 13.6. The molecule has 7 nitrogen and oxygen atoms in total. The van der Waals surface area contributed by atoms with Gasteiger partial charge in [0.2, 0.25) is 12.3 Å². The van der Waals surface area contributed by atoms with Crippen LogP contribution in [-0.2, 0) is 19.1 Å². The molecule has 172 valence electrons. The van der Waals surface area contributed by atoms with E-state index < -0.39 is 0 Å². The van der Waals surface area contributed by atoms with Crippen molar-refractivity contribution >= 4 is 24.1 Å². The van der Waals surface area contributed by atoms with Gasteiger partial charge in [0.15, 0.2) is 0 Å². The summed E-state index contributed by atoms with van der Waals surface area (Å²) < 4.78 is 12.0. The largest absolute Gasteiger partial charge is 0.375 e. The Labute approximate surface area is 181 Å². The number of nitrogens with two attached hydrogens (primary N) is 1. The lowest BCUT2D eigenvalue weighted by Crippen LogP contribution is -2.33. The van der Waals surface area contributed by atoms with Gasteiger partial charge >= 0.3 is 0 Å². The van der Waals surface area contributed by atoms with Crippen molar-refractivity contribution in [2.45, 2.75) is 71.5 Å². The zero-order chi connectivity index (χ0) is 22.2. The minimum Gasteiger partial charge on any atom is -0.375 e. The van der Waals surface area contributed by atoms with Gasteiger partial charge in [0, 0.05) is 43.7 Å². The molecule has 4 N–H and O–H groups in total. The molecule has 0 fully saturated rings. The SMILES string of the molecule is CC(CSCCN)C(=O)NCCCOC(C)(C)CCOC(C)(C)CCCNC=O. The number of amides is 2. The van der Waals surface area contributed by atoms with Crippen LogP contribution in [0.4, 0.5) is 0 Å². The van der Waals surface area contributed by atoms with E-state index >= 15 is 0 Å². The summed E-state index contributed by atoms with van der Waals surface area (Å²) in [4.78, 5) is 22.3. The molecule has 0 aliphatic rings. The summed E-state index contributed by atoms with van der Waals surface area (Å²) in [7, 11) is 0. The Morgan fingerprint density at radius 1 is 1.07 bits per heavy atom. The third kappa shape index (κ3) is 16.6. The van der Waals surface area contributed by atoms with Gasteiger partial charge in [-0.25, -0.2) is 0 Å². The Hall–Kier alpha value is -0.830. The predicted molar refractivity (Wildman–Crippen MR) is 121 cm³/mol. The first-order valence-electron chi connectivity index (χ1n) is 10.6. The van der Waals surface area contributed by atoms with Gasteiger partial charge < -0.3 is 25.8 Å². The Kier molecular flexibility index (Phi) is 15.5. The molecule has 0 spiro atoms. The smallest absolute Gasteiger partial charge is 0.223 e. The van der Waals surface area contributed by atoms with Crippen LogP contribution in [0.3, 0.4) is 0 Å². The van der Waals surface area contributed by atoms with Gasteiger partial charge in [-0.05, 0) is 53.4 Å². The van der Waals surface area contributed by atoms with Crippen molar-refractivity contribution in [3.63, 3.8) is 0 Å². The molecule has 0 heterocycles.